The summed E-state index contributed by atoms with van der Waals surface area (Å²) in [6, 6.07) is 3.27. The molecule has 0 aliphatic carbocycles. The van der Waals surface area contributed by atoms with Gasteiger partial charge in [0.05, 0.1) is 11.4 Å². The average molecular weight is 310 g/mol. The monoisotopic (exact) mass is 310 g/mol. The summed E-state index contributed by atoms with van der Waals surface area (Å²) in [4.78, 5) is 7.73. The van der Waals surface area contributed by atoms with E-state index in [1.54, 1.807) is 13.1 Å². The van der Waals surface area contributed by atoms with Crippen molar-refractivity contribution in [3.05, 3.63) is 29.5 Å². The summed E-state index contributed by atoms with van der Waals surface area (Å²) in [5.41, 5.74) is 8.04. The first-order valence-corrected chi connectivity index (χ1v) is 7.06. The van der Waals surface area contributed by atoms with Gasteiger partial charge in [-0.15, -0.1) is 0 Å². The van der Waals surface area contributed by atoms with Gasteiger partial charge in [-0.3, -0.25) is 4.99 Å². The van der Waals surface area contributed by atoms with Crippen LogP contribution in [0.4, 0.5) is 20.2 Å². The molecule has 0 spiro atoms. The number of nitrogens with two attached hydrogens (primary N) is 1. The maximum Gasteiger partial charge on any atom is 0.264 e. The van der Waals surface area contributed by atoms with Gasteiger partial charge >= 0.3 is 0 Å². The van der Waals surface area contributed by atoms with Crippen LogP contribution >= 0.6 is 0 Å². The molecule has 0 fully saturated rings. The van der Waals surface area contributed by atoms with Crippen LogP contribution in [0.5, 0.6) is 0 Å². The van der Waals surface area contributed by atoms with Crippen molar-refractivity contribution in [3.63, 3.8) is 0 Å². The van der Waals surface area contributed by atoms with Gasteiger partial charge in [-0.2, -0.15) is 0 Å². The van der Waals surface area contributed by atoms with Gasteiger partial charge in [-0.05, 0) is 24.6 Å². The first kappa shape index (κ1) is 17.9. The van der Waals surface area contributed by atoms with E-state index in [4.69, 9.17) is 5.73 Å². The smallest absolute Gasteiger partial charge is 0.264 e. The molecule has 1 rings (SSSR count). The zero-order chi connectivity index (χ0) is 16.9. The van der Waals surface area contributed by atoms with Crippen LogP contribution in [0.2, 0.25) is 0 Å². The van der Waals surface area contributed by atoms with Crippen molar-refractivity contribution in [1.82, 2.24) is 0 Å². The first-order valence-electron chi connectivity index (χ1n) is 7.06. The largest absolute Gasteiger partial charge is 0.404 e. The number of benzene rings is 1. The van der Waals surface area contributed by atoms with Crippen LogP contribution < -0.4 is 15.5 Å². The fourth-order valence-electron chi connectivity index (χ4n) is 2.20. The Hall–Kier alpha value is -2.11. The third kappa shape index (κ3) is 3.75. The van der Waals surface area contributed by atoms with Crippen LogP contribution in [0.15, 0.2) is 23.3 Å². The van der Waals surface area contributed by atoms with Crippen LogP contribution in [0.3, 0.4) is 0 Å². The molecule has 0 saturated carbocycles. The predicted molar refractivity (Wildman–Crippen MR) is 91.3 cm³/mol. The Balaban J connectivity index is 3.66. The van der Waals surface area contributed by atoms with E-state index in [2.05, 4.69) is 4.99 Å². The molecule has 0 atom stereocenters. The minimum atomic E-state index is -2.59. The second-order valence-corrected chi connectivity index (χ2v) is 5.15. The molecule has 0 radical (unpaired) electrons. The summed E-state index contributed by atoms with van der Waals surface area (Å²) in [5, 5.41) is 0. The van der Waals surface area contributed by atoms with E-state index in [0.29, 0.717) is 11.1 Å². The van der Waals surface area contributed by atoms with Crippen LogP contribution in [0.1, 0.15) is 24.5 Å². The van der Waals surface area contributed by atoms with Crippen molar-refractivity contribution < 1.29 is 8.78 Å². The van der Waals surface area contributed by atoms with Crippen LogP contribution in [-0.2, 0) is 0 Å². The Labute approximate surface area is 130 Å². The Kier molecular flexibility index (Phi) is 6.34. The van der Waals surface area contributed by atoms with Crippen molar-refractivity contribution in [3.8, 4) is 0 Å². The summed E-state index contributed by atoms with van der Waals surface area (Å²) in [6.07, 6.45) is 0.205. The van der Waals surface area contributed by atoms with E-state index in [-0.39, 0.29) is 5.56 Å². The number of aliphatic imine (C=N–C) groups is 1. The summed E-state index contributed by atoms with van der Waals surface area (Å²) in [6.45, 7) is 2.70. The first-order chi connectivity index (χ1) is 10.4. The van der Waals surface area contributed by atoms with Crippen molar-refractivity contribution in [2.45, 2.75) is 13.3 Å². The average Bonchev–Trinajstić information content (AvgIpc) is 2.50. The molecule has 4 nitrogen and oxygen atoms in total. The summed E-state index contributed by atoms with van der Waals surface area (Å²) in [5.74, 6) is 0. The number of hydrogen-bond acceptors (Lipinski definition) is 4. The van der Waals surface area contributed by atoms with Gasteiger partial charge < -0.3 is 15.5 Å². The molecule has 0 saturated heterocycles. The van der Waals surface area contributed by atoms with Gasteiger partial charge in [0, 0.05) is 58.3 Å². The van der Waals surface area contributed by atoms with Crippen molar-refractivity contribution in [2.24, 2.45) is 10.7 Å². The van der Waals surface area contributed by atoms with Gasteiger partial charge in [-0.25, -0.2) is 8.78 Å². The van der Waals surface area contributed by atoms with Crippen molar-refractivity contribution in [2.75, 3.05) is 44.5 Å². The Morgan fingerprint density at radius 1 is 1.27 bits per heavy atom. The molecule has 1 aromatic rings. The lowest BCUT2D eigenvalue weighted by atomic mass is 9.98. The van der Waals surface area contributed by atoms with E-state index in [1.165, 1.54) is 18.5 Å². The minimum absolute atomic E-state index is 0.0440. The van der Waals surface area contributed by atoms with Crippen LogP contribution in [0.25, 0.3) is 5.57 Å². The number of anilines is 2. The molecule has 2 N–H and O–H groups in total. The minimum Gasteiger partial charge on any atom is -0.404 e. The summed E-state index contributed by atoms with van der Waals surface area (Å²) < 4.78 is 27.0. The molecule has 122 valence electrons. The highest BCUT2D eigenvalue weighted by Gasteiger charge is 2.20. The lowest BCUT2D eigenvalue weighted by molar-refractivity contribution is 0.151. The van der Waals surface area contributed by atoms with Gasteiger partial charge in [0.2, 0.25) is 0 Å². The molecule has 0 heterocycles. The molecule has 0 unspecified atom stereocenters. The Morgan fingerprint density at radius 2 is 1.91 bits per heavy atom. The van der Waals surface area contributed by atoms with Gasteiger partial charge in [0.25, 0.3) is 6.43 Å². The molecular weight excluding hydrogens is 286 g/mol. The van der Waals surface area contributed by atoms with E-state index in [0.717, 1.165) is 17.9 Å². The highest BCUT2D eigenvalue weighted by atomic mass is 19.3. The maximum atomic E-state index is 13.5. The predicted octanol–water partition coefficient (Wildman–Crippen LogP) is 3.15. The topological polar surface area (TPSA) is 44.9 Å². The Bertz CT molecular complexity index is 566. The standard InChI is InChI=1S/C16H24F2N4/c1-6-22(5)15-8-13(16(17)18)12(7-14(15)21(3)4)11(9-19)10-20-2/h7-10,16H,6,19H2,1-5H3/b11-9+,20-10?. The fraction of sp³-hybridized carbons (Fsp3) is 0.438. The van der Waals surface area contributed by atoms with Crippen LogP contribution in [-0.4, -0.2) is 41.0 Å². The van der Waals surface area contributed by atoms with E-state index < -0.39 is 6.43 Å². The SMILES string of the molecule is CCN(C)c1cc(C(F)F)c(/C(C=NC)=C/N)cc1N(C)C. The van der Waals surface area contributed by atoms with Crippen molar-refractivity contribution in [1.29, 1.82) is 0 Å². The number of alkyl halides is 2. The second kappa shape index (κ2) is 7.77. The zero-order valence-corrected chi connectivity index (χ0v) is 13.8. The normalized spacial score (nSPS) is 12.3. The third-order valence-corrected chi connectivity index (χ3v) is 3.51. The highest BCUT2D eigenvalue weighted by Crippen LogP contribution is 2.37. The van der Waals surface area contributed by atoms with E-state index in [9.17, 15) is 8.78 Å². The van der Waals surface area contributed by atoms with E-state index in [1.807, 2.05) is 37.9 Å². The maximum absolute atomic E-state index is 13.5. The van der Waals surface area contributed by atoms with Gasteiger partial charge in [-0.1, -0.05) is 0 Å². The fourth-order valence-corrected chi connectivity index (χ4v) is 2.20. The molecule has 1 aromatic carbocycles. The van der Waals surface area contributed by atoms with Crippen LogP contribution in [0, 0.1) is 0 Å². The van der Waals surface area contributed by atoms with Gasteiger partial charge in [0.15, 0.2) is 0 Å². The summed E-state index contributed by atoms with van der Waals surface area (Å²) in [7, 11) is 7.23. The molecule has 0 aliphatic rings. The lowest BCUT2D eigenvalue weighted by Crippen LogP contribution is -2.21. The second-order valence-electron chi connectivity index (χ2n) is 5.15. The van der Waals surface area contributed by atoms with Gasteiger partial charge in [0.1, 0.15) is 0 Å². The number of hydrogen-bond donors (Lipinski definition) is 1. The van der Waals surface area contributed by atoms with E-state index >= 15 is 0 Å². The summed E-state index contributed by atoms with van der Waals surface area (Å²) >= 11 is 0. The molecule has 0 aromatic heterocycles. The molecular formula is C16H24F2N4. The molecule has 0 aliphatic heterocycles. The molecule has 22 heavy (non-hydrogen) atoms. The Morgan fingerprint density at radius 3 is 2.32 bits per heavy atom. The lowest BCUT2D eigenvalue weighted by Gasteiger charge is -2.27. The number of rotatable bonds is 6. The molecule has 0 amide bonds. The third-order valence-electron chi connectivity index (χ3n) is 3.51. The number of allylic oxidation sites excluding steroid dienone is 1. The molecule has 0 bridgehead atoms. The zero-order valence-electron chi connectivity index (χ0n) is 13.8. The number of nitrogens with zero attached hydrogens (tertiary/aromatic N) is 3. The number of halogens is 2. The highest BCUT2D eigenvalue weighted by molar-refractivity contribution is 6.10. The molecule has 6 heteroatoms. The quantitative estimate of drug-likeness (QED) is 0.821. The van der Waals surface area contributed by atoms with Crippen molar-refractivity contribution >= 4 is 23.2 Å².